The number of methoxy groups -OCH3 is 4. The summed E-state index contributed by atoms with van der Waals surface area (Å²) in [7, 11) is 4.08. The Balaban J connectivity index is 0.000000272. The van der Waals surface area contributed by atoms with Gasteiger partial charge in [-0.05, 0) is 108 Å². The van der Waals surface area contributed by atoms with E-state index < -0.39 is 121 Å². The van der Waals surface area contributed by atoms with Crippen molar-refractivity contribution in [1.29, 1.82) is 0 Å². The maximum absolute atomic E-state index is 14.4. The summed E-state index contributed by atoms with van der Waals surface area (Å²) < 4.78 is 115. The monoisotopic (exact) mass is 1080 g/mol. The van der Waals surface area contributed by atoms with Gasteiger partial charge in [-0.15, -0.1) is 0 Å². The van der Waals surface area contributed by atoms with Gasteiger partial charge in [-0.3, -0.25) is 0 Å². The highest BCUT2D eigenvalue weighted by Gasteiger charge is 2.72. The maximum Gasteiger partial charge on any atom is 0.411 e. The third kappa shape index (κ3) is 13.7. The summed E-state index contributed by atoms with van der Waals surface area (Å²) in [6.07, 6.45) is -11.4. The molecule has 0 aromatic heterocycles. The molecule has 0 bridgehead atoms. The van der Waals surface area contributed by atoms with E-state index in [1.807, 2.05) is 0 Å². The zero-order chi connectivity index (χ0) is 57.7. The van der Waals surface area contributed by atoms with E-state index in [1.54, 1.807) is 24.3 Å². The van der Waals surface area contributed by atoms with Gasteiger partial charge in [0.15, 0.2) is 0 Å². The highest BCUT2D eigenvalue weighted by atomic mass is 19.4. The molecule has 0 aliphatic carbocycles. The SMILES string of the molecule is COC(=O)c1cc(C(=O)O)c(C(=O)OC)cc1C(=O)O.COC(=O)c1cc(C(=O)OC)c(C(=O)O)cc1C(=O)O.Nc1ccc(Oc2ccc(C(c3ccc(Oc4ccc(N)cc4)cc3)(C(F)(F)F)C(F)(F)F)cc2)cc1. The van der Waals surface area contributed by atoms with Gasteiger partial charge in [0, 0.05) is 11.4 Å². The van der Waals surface area contributed by atoms with Crippen LogP contribution in [0.5, 0.6) is 23.0 Å². The number of esters is 4. The molecule has 8 N–H and O–H groups in total. The van der Waals surface area contributed by atoms with Crippen LogP contribution in [0.25, 0.3) is 0 Å². The van der Waals surface area contributed by atoms with E-state index >= 15 is 0 Å². The Labute approximate surface area is 429 Å². The van der Waals surface area contributed by atoms with Crippen molar-refractivity contribution in [3.05, 3.63) is 177 Å². The molecule has 6 aromatic rings. The van der Waals surface area contributed by atoms with Gasteiger partial charge in [-0.25, -0.2) is 38.4 Å². The van der Waals surface area contributed by atoms with Crippen LogP contribution < -0.4 is 20.9 Å². The first-order valence-corrected chi connectivity index (χ1v) is 21.1. The Morgan fingerprint density at radius 1 is 0.351 bits per heavy atom. The number of ether oxygens (including phenoxy) is 6. The number of benzene rings is 6. The molecule has 0 aliphatic heterocycles. The summed E-state index contributed by atoms with van der Waals surface area (Å²) in [5.74, 6) is -9.39. The van der Waals surface area contributed by atoms with E-state index in [4.69, 9.17) is 41.4 Å². The predicted molar refractivity (Wildman–Crippen MR) is 254 cm³/mol. The number of carbonyl (C=O) groups is 8. The van der Waals surface area contributed by atoms with E-state index in [9.17, 15) is 64.7 Å². The molecule has 0 saturated heterocycles. The fraction of sp³-hybridized carbons (Fsp3) is 0.137. The smallest absolute Gasteiger partial charge is 0.411 e. The van der Waals surface area contributed by atoms with Gasteiger partial charge >= 0.3 is 60.1 Å². The Morgan fingerprint density at radius 3 is 0.740 bits per heavy atom. The molecule has 0 amide bonds. The molecule has 0 aliphatic rings. The molecule has 26 heteroatoms. The van der Waals surface area contributed by atoms with Crippen molar-refractivity contribution in [2.24, 2.45) is 0 Å². The quantitative estimate of drug-likeness (QED) is 0.0256. The summed E-state index contributed by atoms with van der Waals surface area (Å²) in [6, 6.07) is 22.6. The average Bonchev–Trinajstić information content (AvgIpc) is 3.41. The predicted octanol–water partition coefficient (Wildman–Crippen LogP) is 9.16. The third-order valence-corrected chi connectivity index (χ3v) is 10.5. The summed E-state index contributed by atoms with van der Waals surface area (Å²) in [5.41, 5.74) is 1.73. The van der Waals surface area contributed by atoms with Crippen molar-refractivity contribution in [3.63, 3.8) is 0 Å². The third-order valence-electron chi connectivity index (χ3n) is 10.5. The second kappa shape index (κ2) is 24.7. The highest BCUT2D eigenvalue weighted by Crippen LogP contribution is 2.56. The molecular weight excluding hydrogens is 1040 g/mol. The van der Waals surface area contributed by atoms with Crippen LogP contribution in [-0.4, -0.2) is 109 Å². The number of hydrogen-bond acceptors (Lipinski definition) is 16. The minimum Gasteiger partial charge on any atom is -0.478 e. The first kappa shape index (κ1) is 59.4. The van der Waals surface area contributed by atoms with Gasteiger partial charge in [0.1, 0.15) is 23.0 Å². The van der Waals surface area contributed by atoms with Gasteiger partial charge in [0.25, 0.3) is 0 Å². The molecule has 6 rings (SSSR count). The second-order valence-corrected chi connectivity index (χ2v) is 15.2. The lowest BCUT2D eigenvalue weighted by Gasteiger charge is -2.38. The number of carboxylic acid groups (broad SMARTS) is 4. The fourth-order valence-electron chi connectivity index (χ4n) is 6.89. The molecular formula is C51H40F6N2O18. The van der Waals surface area contributed by atoms with Crippen LogP contribution >= 0.6 is 0 Å². The molecule has 6 aromatic carbocycles. The number of aromatic carboxylic acids is 4. The number of nitrogens with two attached hydrogens (primary N) is 2. The van der Waals surface area contributed by atoms with Crippen molar-refractivity contribution < 1.29 is 114 Å². The Bertz CT molecular complexity index is 2990. The van der Waals surface area contributed by atoms with E-state index in [0.29, 0.717) is 28.9 Å². The van der Waals surface area contributed by atoms with Crippen molar-refractivity contribution in [2.75, 3.05) is 39.9 Å². The Kier molecular flexibility index (Phi) is 19.1. The zero-order valence-electron chi connectivity index (χ0n) is 40.0. The second-order valence-electron chi connectivity index (χ2n) is 15.2. The molecule has 77 heavy (non-hydrogen) atoms. The van der Waals surface area contributed by atoms with E-state index in [-0.39, 0.29) is 11.5 Å². The van der Waals surface area contributed by atoms with Gasteiger partial charge < -0.3 is 60.3 Å². The number of carbonyl (C=O) groups excluding carboxylic acids is 4. The molecule has 0 spiro atoms. The van der Waals surface area contributed by atoms with Crippen LogP contribution in [0.3, 0.4) is 0 Å². The summed E-state index contributed by atoms with van der Waals surface area (Å²) in [5, 5.41) is 36.0. The molecule has 0 radical (unpaired) electrons. The largest absolute Gasteiger partial charge is 0.478 e. The van der Waals surface area contributed by atoms with Crippen molar-refractivity contribution >= 4 is 59.1 Å². The summed E-state index contributed by atoms with van der Waals surface area (Å²) in [6.45, 7) is 0. The molecule has 0 fully saturated rings. The van der Waals surface area contributed by atoms with E-state index in [2.05, 4.69) is 18.9 Å². The Hall–Kier alpha value is -10.1. The number of anilines is 2. The summed E-state index contributed by atoms with van der Waals surface area (Å²) in [4.78, 5) is 90.2. The van der Waals surface area contributed by atoms with Gasteiger partial charge in [0.05, 0.1) is 72.9 Å². The van der Waals surface area contributed by atoms with Gasteiger partial charge in [-0.1, -0.05) is 24.3 Å². The minimum atomic E-state index is -5.72. The normalized spacial score (nSPS) is 10.9. The first-order valence-electron chi connectivity index (χ1n) is 21.1. The molecule has 20 nitrogen and oxygen atoms in total. The lowest BCUT2D eigenvalue weighted by Crippen LogP contribution is -2.54. The molecule has 0 unspecified atom stereocenters. The van der Waals surface area contributed by atoms with E-state index in [0.717, 1.165) is 95.2 Å². The lowest BCUT2D eigenvalue weighted by atomic mass is 9.73. The van der Waals surface area contributed by atoms with Gasteiger partial charge in [-0.2, -0.15) is 26.3 Å². The van der Waals surface area contributed by atoms with Gasteiger partial charge in [0.2, 0.25) is 5.41 Å². The molecule has 0 atom stereocenters. The fourth-order valence-corrected chi connectivity index (χ4v) is 6.89. The van der Waals surface area contributed by atoms with Crippen LogP contribution in [0, 0.1) is 0 Å². The average molecular weight is 1080 g/mol. The van der Waals surface area contributed by atoms with Crippen molar-refractivity contribution in [2.45, 2.75) is 17.8 Å². The standard InChI is InChI=1S/C27H20F6N2O2.2C12H10O8/c28-26(29,30)25(27(31,32)33,17-1-9-21(10-2-17)36-23-13-5-19(34)6-14-23)18-3-11-22(12-4-18)37-24-15-7-20(35)8-16-24;1-19-11(17)7-3-6(10(15)16)8(12(18)20-2)4-5(7)9(13)14;1-19-11(17)7-4-8(12(18)20-2)6(10(15)16)3-5(7)9(13)14/h1-16H,34-35H2;2*3-4H,1-2H3,(H,13,14)(H,15,16). The number of halogens is 6. The highest BCUT2D eigenvalue weighted by molar-refractivity contribution is 6.11. The number of hydrogen-bond donors (Lipinski definition) is 6. The first-order chi connectivity index (χ1) is 36.1. The number of rotatable bonds is 14. The van der Waals surface area contributed by atoms with Crippen molar-refractivity contribution in [3.8, 4) is 23.0 Å². The number of alkyl halides is 6. The van der Waals surface area contributed by atoms with Crippen LogP contribution in [0.4, 0.5) is 37.7 Å². The number of carboxylic acids is 4. The van der Waals surface area contributed by atoms with Crippen LogP contribution in [0.2, 0.25) is 0 Å². The molecule has 404 valence electrons. The van der Waals surface area contributed by atoms with E-state index in [1.165, 1.54) is 24.3 Å². The van der Waals surface area contributed by atoms with Crippen LogP contribution in [0.15, 0.2) is 121 Å². The van der Waals surface area contributed by atoms with Crippen LogP contribution in [-0.2, 0) is 24.4 Å². The zero-order valence-corrected chi connectivity index (χ0v) is 40.0. The lowest BCUT2D eigenvalue weighted by molar-refractivity contribution is -0.288. The molecule has 0 heterocycles. The van der Waals surface area contributed by atoms with Crippen molar-refractivity contribution in [1.82, 2.24) is 0 Å². The maximum atomic E-state index is 14.4. The Morgan fingerprint density at radius 2 is 0.545 bits per heavy atom. The molecule has 0 saturated carbocycles. The topological polar surface area (TPSA) is 325 Å². The summed E-state index contributed by atoms with van der Waals surface area (Å²) >= 11 is 0. The number of nitrogen functional groups attached to an aromatic ring is 2. The minimum absolute atomic E-state index is 0.0546. The van der Waals surface area contributed by atoms with Crippen LogP contribution in [0.1, 0.15) is 94.0 Å².